The van der Waals surface area contributed by atoms with E-state index in [9.17, 15) is 9.18 Å². The van der Waals surface area contributed by atoms with Gasteiger partial charge in [0.1, 0.15) is 23.7 Å². The van der Waals surface area contributed by atoms with Crippen LogP contribution < -0.4 is 21.3 Å². The Balaban J connectivity index is 1.63. The van der Waals surface area contributed by atoms with Gasteiger partial charge in [-0.25, -0.2) is 14.5 Å². The Kier molecular flexibility index (Phi) is 5.06. The number of aryl methyl sites for hydroxylation is 1. The van der Waals surface area contributed by atoms with E-state index in [1.807, 2.05) is 24.3 Å². The molecule has 1 aliphatic heterocycles. The first kappa shape index (κ1) is 20.1. The topological polar surface area (TPSA) is 124 Å². The molecule has 2 atom stereocenters. The zero-order valence-electron chi connectivity index (χ0n) is 17.4. The van der Waals surface area contributed by atoms with Crippen molar-refractivity contribution in [1.29, 1.82) is 0 Å². The zero-order chi connectivity index (χ0) is 22.2. The molecule has 0 aliphatic carbocycles. The molecule has 9 nitrogen and oxygen atoms in total. The molecule has 164 valence electrons. The molecule has 4 aromatic rings. The number of benzene rings is 2. The molecule has 32 heavy (non-hydrogen) atoms. The van der Waals surface area contributed by atoms with Gasteiger partial charge in [0, 0.05) is 18.1 Å². The van der Waals surface area contributed by atoms with Crippen LogP contribution in [0.4, 0.5) is 10.1 Å². The van der Waals surface area contributed by atoms with Gasteiger partial charge in [-0.05, 0) is 42.8 Å². The van der Waals surface area contributed by atoms with E-state index in [0.29, 0.717) is 35.7 Å². The second kappa shape index (κ2) is 8.04. The van der Waals surface area contributed by atoms with E-state index < -0.39 is 11.4 Å². The highest BCUT2D eigenvalue weighted by atomic mass is 19.1. The second-order valence-electron chi connectivity index (χ2n) is 7.72. The van der Waals surface area contributed by atoms with Crippen LogP contribution in [0.15, 0.2) is 47.5 Å². The number of anilines is 1. The van der Waals surface area contributed by atoms with Crippen molar-refractivity contribution in [3.63, 3.8) is 0 Å². The Morgan fingerprint density at radius 1 is 1.25 bits per heavy atom. The van der Waals surface area contributed by atoms with Gasteiger partial charge in [-0.1, -0.05) is 12.1 Å². The van der Waals surface area contributed by atoms with E-state index in [2.05, 4.69) is 25.6 Å². The highest BCUT2D eigenvalue weighted by molar-refractivity contribution is 5.97. The Bertz CT molecular complexity index is 1330. The molecule has 0 radical (unpaired) electrons. The molecule has 4 N–H and O–H groups in total. The number of nitrogens with two attached hydrogens (primary N) is 1. The Morgan fingerprint density at radius 2 is 2.06 bits per heavy atom. The highest BCUT2D eigenvalue weighted by Gasteiger charge is 2.37. The van der Waals surface area contributed by atoms with Crippen LogP contribution in [0.1, 0.15) is 35.5 Å². The van der Waals surface area contributed by atoms with E-state index in [4.69, 9.17) is 10.5 Å². The number of H-pyrrole nitrogens is 1. The first-order valence-electron chi connectivity index (χ1n) is 10.3. The summed E-state index contributed by atoms with van der Waals surface area (Å²) in [4.78, 5) is 16.8. The molecule has 3 heterocycles. The molecule has 0 amide bonds. The van der Waals surface area contributed by atoms with Gasteiger partial charge in [-0.2, -0.15) is 10.2 Å². The molecule has 0 fully saturated rings. The van der Waals surface area contributed by atoms with Gasteiger partial charge in [0.25, 0.3) is 5.56 Å². The fourth-order valence-corrected chi connectivity index (χ4v) is 4.22. The van der Waals surface area contributed by atoms with Gasteiger partial charge in [-0.3, -0.25) is 9.48 Å². The number of hydrogen-bond donors (Lipinski definition) is 3. The monoisotopic (exact) mass is 435 g/mol. The van der Waals surface area contributed by atoms with Crippen LogP contribution in [-0.2, 0) is 7.05 Å². The summed E-state index contributed by atoms with van der Waals surface area (Å²) in [6, 6.07) is 9.96. The predicted octanol–water partition coefficient (Wildman–Crippen LogP) is 2.22. The summed E-state index contributed by atoms with van der Waals surface area (Å²) >= 11 is 0. The molecule has 1 aliphatic rings. The van der Waals surface area contributed by atoms with Gasteiger partial charge in [0.15, 0.2) is 0 Å². The Morgan fingerprint density at radius 3 is 2.78 bits per heavy atom. The van der Waals surface area contributed by atoms with Crippen molar-refractivity contribution in [3.05, 3.63) is 76.0 Å². The van der Waals surface area contributed by atoms with Crippen molar-refractivity contribution < 1.29 is 9.13 Å². The molecule has 0 saturated heterocycles. The average Bonchev–Trinajstić information content (AvgIpc) is 3.21. The minimum absolute atomic E-state index is 0.242. The smallest absolute Gasteiger partial charge is 0.272 e. The van der Waals surface area contributed by atoms with E-state index in [0.717, 1.165) is 17.7 Å². The summed E-state index contributed by atoms with van der Waals surface area (Å²) in [6.07, 6.45) is 2.25. The highest BCUT2D eigenvalue weighted by Crippen LogP contribution is 2.46. The lowest BCUT2D eigenvalue weighted by Crippen LogP contribution is -2.30. The third kappa shape index (κ3) is 3.38. The fraction of sp³-hybridized carbons (Fsp3) is 0.273. The number of rotatable bonds is 6. The molecular weight excluding hydrogens is 413 g/mol. The molecule has 10 heteroatoms. The second-order valence-corrected chi connectivity index (χ2v) is 7.72. The van der Waals surface area contributed by atoms with Crippen LogP contribution in [0, 0.1) is 5.82 Å². The molecule has 0 bridgehead atoms. The Labute approximate surface area is 182 Å². The van der Waals surface area contributed by atoms with Crippen LogP contribution in [0.3, 0.4) is 0 Å². The van der Waals surface area contributed by atoms with Crippen molar-refractivity contribution >= 4 is 16.5 Å². The number of aromatic amines is 1. The maximum atomic E-state index is 14.3. The SMILES string of the molecule is Cn1ncnc1[C@@H]1c2n[nH]c(=O)c3cc(F)cc(c23)N[C@H]1c1ccc(OCCCN)cc1. The lowest BCUT2D eigenvalue weighted by Gasteiger charge is -2.33. The standard InChI is InChI=1S/C22H22FN7O2/c1-30-21(25-11-26-30)18-19(12-3-5-14(6-4-12)32-8-2-7-24)27-16-10-13(23)9-15-17(16)20(18)28-29-22(15)31/h3-6,9-11,18-19,27H,2,7-8,24H2,1H3,(H,29,31)/t18-,19-/m0/s1. The third-order valence-electron chi connectivity index (χ3n) is 5.70. The number of nitrogens with zero attached hydrogens (tertiary/aromatic N) is 4. The van der Waals surface area contributed by atoms with Crippen molar-refractivity contribution in [3.8, 4) is 5.75 Å². The number of ether oxygens (including phenoxy) is 1. The third-order valence-corrected chi connectivity index (χ3v) is 5.70. The van der Waals surface area contributed by atoms with E-state index >= 15 is 0 Å². The summed E-state index contributed by atoms with van der Waals surface area (Å²) < 4.78 is 21.7. The number of nitrogens with one attached hydrogen (secondary N) is 2. The lowest BCUT2D eigenvalue weighted by molar-refractivity contribution is 0.313. The first-order chi connectivity index (χ1) is 15.6. The maximum Gasteiger partial charge on any atom is 0.272 e. The Hall–Kier alpha value is -3.79. The van der Waals surface area contributed by atoms with E-state index in [1.165, 1.54) is 18.5 Å². The van der Waals surface area contributed by atoms with Gasteiger partial charge in [0.05, 0.1) is 29.6 Å². The quantitative estimate of drug-likeness (QED) is 0.397. The summed E-state index contributed by atoms with van der Waals surface area (Å²) in [5, 5.41) is 15.3. The molecule has 0 saturated carbocycles. The predicted molar refractivity (Wildman–Crippen MR) is 117 cm³/mol. The van der Waals surface area contributed by atoms with Crippen molar-refractivity contribution in [1.82, 2.24) is 25.0 Å². The van der Waals surface area contributed by atoms with Crippen LogP contribution in [0.5, 0.6) is 5.75 Å². The van der Waals surface area contributed by atoms with E-state index in [-0.39, 0.29) is 17.3 Å². The minimum atomic E-state index is -0.498. The van der Waals surface area contributed by atoms with Gasteiger partial charge < -0.3 is 15.8 Å². The number of aromatic nitrogens is 5. The van der Waals surface area contributed by atoms with Crippen molar-refractivity contribution in [2.45, 2.75) is 18.4 Å². The normalized spacial score (nSPS) is 17.3. The molecular formula is C22H22FN7O2. The van der Waals surface area contributed by atoms with Crippen molar-refractivity contribution in [2.24, 2.45) is 12.8 Å². The summed E-state index contributed by atoms with van der Waals surface area (Å²) in [7, 11) is 1.80. The summed E-state index contributed by atoms with van der Waals surface area (Å²) in [6.45, 7) is 1.12. The lowest BCUT2D eigenvalue weighted by atomic mass is 9.83. The van der Waals surface area contributed by atoms with Gasteiger partial charge in [0.2, 0.25) is 0 Å². The van der Waals surface area contributed by atoms with E-state index in [1.54, 1.807) is 11.7 Å². The zero-order valence-corrected chi connectivity index (χ0v) is 17.4. The van der Waals surface area contributed by atoms with Crippen LogP contribution >= 0.6 is 0 Å². The molecule has 2 aromatic carbocycles. The average molecular weight is 435 g/mol. The van der Waals surface area contributed by atoms with Crippen molar-refractivity contribution in [2.75, 3.05) is 18.5 Å². The van der Waals surface area contributed by atoms with Crippen LogP contribution in [0.25, 0.3) is 10.8 Å². The largest absolute Gasteiger partial charge is 0.494 e. The van der Waals surface area contributed by atoms with Gasteiger partial charge in [-0.15, -0.1) is 0 Å². The minimum Gasteiger partial charge on any atom is -0.494 e. The number of halogens is 1. The molecule has 2 aromatic heterocycles. The molecule has 0 spiro atoms. The number of hydrogen-bond acceptors (Lipinski definition) is 7. The fourth-order valence-electron chi connectivity index (χ4n) is 4.22. The van der Waals surface area contributed by atoms with Gasteiger partial charge >= 0.3 is 0 Å². The summed E-state index contributed by atoms with van der Waals surface area (Å²) in [5.41, 5.74) is 7.13. The maximum absolute atomic E-state index is 14.3. The molecule has 5 rings (SSSR count). The molecule has 0 unspecified atom stereocenters. The first-order valence-corrected chi connectivity index (χ1v) is 10.3. The van der Waals surface area contributed by atoms with Crippen LogP contribution in [-0.4, -0.2) is 38.1 Å². The van der Waals surface area contributed by atoms with Crippen LogP contribution in [0.2, 0.25) is 0 Å². The summed E-state index contributed by atoms with van der Waals surface area (Å²) in [5.74, 6) is 0.539.